The van der Waals surface area contributed by atoms with Crippen LogP contribution in [-0.4, -0.2) is 11.7 Å². The first kappa shape index (κ1) is 19.5. The second kappa shape index (κ2) is 8.20. The molecular weight excluding hydrogens is 346 g/mol. The van der Waals surface area contributed by atoms with Gasteiger partial charge in [0.25, 0.3) is 5.92 Å². The Balaban J connectivity index is 1.68. The molecule has 0 bridgehead atoms. The van der Waals surface area contributed by atoms with Crippen LogP contribution in [0, 0.1) is 6.92 Å². The molecule has 0 unspecified atom stereocenters. The van der Waals surface area contributed by atoms with E-state index in [0.29, 0.717) is 30.6 Å². The summed E-state index contributed by atoms with van der Waals surface area (Å²) in [4.78, 5) is 11.5. The number of Topliss-reactive ketones (excluding diaryl/α,β-unsaturated/α-hetero) is 1. The van der Waals surface area contributed by atoms with E-state index < -0.39 is 5.92 Å². The van der Waals surface area contributed by atoms with Crippen LogP contribution in [0.25, 0.3) is 5.57 Å². The fourth-order valence-electron chi connectivity index (χ4n) is 3.76. The highest BCUT2D eigenvalue weighted by molar-refractivity contribution is 5.78. The van der Waals surface area contributed by atoms with Gasteiger partial charge in [0.1, 0.15) is 11.5 Å². The molecule has 2 nitrogen and oxygen atoms in total. The SMILES string of the molecule is CCC(=O)CCc1ccc(CCC2=C(c3ccco3)CC(F)(F)C2)c(C)c1. The van der Waals surface area contributed by atoms with Crippen molar-refractivity contribution in [3.05, 3.63) is 64.6 Å². The third-order valence-corrected chi connectivity index (χ3v) is 5.34. The topological polar surface area (TPSA) is 30.2 Å². The largest absolute Gasteiger partial charge is 0.465 e. The molecule has 144 valence electrons. The Morgan fingerprint density at radius 1 is 1.15 bits per heavy atom. The molecule has 0 N–H and O–H groups in total. The average Bonchev–Trinajstić information content (AvgIpc) is 3.26. The van der Waals surface area contributed by atoms with Gasteiger partial charge in [-0.1, -0.05) is 30.7 Å². The Hall–Kier alpha value is -2.23. The maximum atomic E-state index is 14.0. The molecule has 0 fully saturated rings. The second-order valence-corrected chi connectivity index (χ2v) is 7.42. The number of aryl methyl sites for hydroxylation is 3. The van der Waals surface area contributed by atoms with Crippen molar-refractivity contribution >= 4 is 11.4 Å². The molecule has 1 aliphatic rings. The molecule has 1 aromatic heterocycles. The van der Waals surface area contributed by atoms with Crippen molar-refractivity contribution in [3.8, 4) is 0 Å². The van der Waals surface area contributed by atoms with Gasteiger partial charge in [0, 0.05) is 31.3 Å². The first-order valence-electron chi connectivity index (χ1n) is 9.60. The van der Waals surface area contributed by atoms with Crippen LogP contribution < -0.4 is 0 Å². The minimum absolute atomic E-state index is 0.181. The van der Waals surface area contributed by atoms with Gasteiger partial charge in [-0.15, -0.1) is 0 Å². The van der Waals surface area contributed by atoms with Crippen molar-refractivity contribution in [1.29, 1.82) is 0 Å². The molecule has 0 atom stereocenters. The van der Waals surface area contributed by atoms with Crippen LogP contribution in [0.15, 0.2) is 46.6 Å². The standard InChI is InChI=1S/C23H26F2O2/c1-3-20(26)11-7-17-6-8-18(16(2)13-17)9-10-19-14-23(24,25)15-21(19)22-5-4-12-27-22/h4-6,8,12-13H,3,7,9-11,14-15H2,1-2H3. The number of furan rings is 1. The maximum Gasteiger partial charge on any atom is 0.255 e. The lowest BCUT2D eigenvalue weighted by Crippen LogP contribution is -2.10. The quantitative estimate of drug-likeness (QED) is 0.543. The van der Waals surface area contributed by atoms with Crippen molar-refractivity contribution in [2.45, 2.75) is 64.7 Å². The lowest BCUT2D eigenvalue weighted by molar-refractivity contribution is -0.118. The van der Waals surface area contributed by atoms with Gasteiger partial charge in [0.2, 0.25) is 0 Å². The van der Waals surface area contributed by atoms with Crippen molar-refractivity contribution in [2.75, 3.05) is 0 Å². The number of alkyl halides is 2. The summed E-state index contributed by atoms with van der Waals surface area (Å²) in [6.07, 6.45) is 4.36. The summed E-state index contributed by atoms with van der Waals surface area (Å²) in [6.45, 7) is 3.93. The summed E-state index contributed by atoms with van der Waals surface area (Å²) in [5.41, 5.74) is 4.94. The van der Waals surface area contributed by atoms with E-state index in [2.05, 4.69) is 18.2 Å². The molecule has 2 aromatic rings. The Morgan fingerprint density at radius 2 is 1.96 bits per heavy atom. The molecule has 0 spiro atoms. The third-order valence-electron chi connectivity index (χ3n) is 5.34. The number of ketones is 1. The third kappa shape index (κ3) is 4.94. The lowest BCUT2D eigenvalue weighted by atomic mass is 9.95. The predicted octanol–water partition coefficient (Wildman–Crippen LogP) is 6.32. The highest BCUT2D eigenvalue weighted by Crippen LogP contribution is 2.45. The van der Waals surface area contributed by atoms with E-state index in [9.17, 15) is 13.6 Å². The molecule has 0 saturated heterocycles. The van der Waals surface area contributed by atoms with Gasteiger partial charge in [-0.2, -0.15) is 0 Å². The van der Waals surface area contributed by atoms with E-state index in [0.717, 1.165) is 29.5 Å². The molecule has 1 heterocycles. The molecule has 0 saturated carbocycles. The summed E-state index contributed by atoms with van der Waals surface area (Å²) in [5, 5.41) is 0. The van der Waals surface area contributed by atoms with Crippen LogP contribution in [0.2, 0.25) is 0 Å². The van der Waals surface area contributed by atoms with E-state index >= 15 is 0 Å². The van der Waals surface area contributed by atoms with Crippen LogP contribution in [0.4, 0.5) is 8.78 Å². The van der Waals surface area contributed by atoms with Crippen LogP contribution >= 0.6 is 0 Å². The zero-order valence-electron chi connectivity index (χ0n) is 16.0. The van der Waals surface area contributed by atoms with Crippen molar-refractivity contribution < 1.29 is 18.0 Å². The van der Waals surface area contributed by atoms with Gasteiger partial charge in [0.05, 0.1) is 6.26 Å². The summed E-state index contributed by atoms with van der Waals surface area (Å²) < 4.78 is 33.3. The number of rotatable bonds is 8. The second-order valence-electron chi connectivity index (χ2n) is 7.42. The first-order valence-corrected chi connectivity index (χ1v) is 9.60. The van der Waals surface area contributed by atoms with E-state index in [1.54, 1.807) is 12.1 Å². The minimum atomic E-state index is -2.68. The van der Waals surface area contributed by atoms with Crippen LogP contribution in [0.1, 0.15) is 61.5 Å². The Kier molecular flexibility index (Phi) is 5.93. The highest BCUT2D eigenvalue weighted by Gasteiger charge is 2.40. The molecule has 4 heteroatoms. The zero-order valence-corrected chi connectivity index (χ0v) is 16.0. The van der Waals surface area contributed by atoms with Crippen LogP contribution in [0.5, 0.6) is 0 Å². The number of halogens is 2. The van der Waals surface area contributed by atoms with Crippen molar-refractivity contribution in [3.63, 3.8) is 0 Å². The highest BCUT2D eigenvalue weighted by atomic mass is 19.3. The molecular formula is C23H26F2O2. The van der Waals surface area contributed by atoms with Gasteiger partial charge < -0.3 is 4.42 Å². The Bertz CT molecular complexity index is 832. The normalized spacial score (nSPS) is 16.1. The molecule has 0 aliphatic heterocycles. The average molecular weight is 372 g/mol. The fourth-order valence-corrected chi connectivity index (χ4v) is 3.76. The Morgan fingerprint density at radius 3 is 2.63 bits per heavy atom. The Labute approximate surface area is 159 Å². The van der Waals surface area contributed by atoms with E-state index in [-0.39, 0.29) is 18.6 Å². The summed E-state index contributed by atoms with van der Waals surface area (Å²) in [7, 11) is 0. The minimum Gasteiger partial charge on any atom is -0.465 e. The number of carbonyl (C=O) groups is 1. The number of carbonyl (C=O) groups excluding carboxylic acids is 1. The molecule has 3 rings (SSSR count). The maximum absolute atomic E-state index is 14.0. The van der Waals surface area contributed by atoms with Crippen LogP contribution in [-0.2, 0) is 17.6 Å². The van der Waals surface area contributed by atoms with Gasteiger partial charge in [-0.05, 0) is 55.0 Å². The van der Waals surface area contributed by atoms with Gasteiger partial charge in [-0.25, -0.2) is 8.78 Å². The number of hydrogen-bond donors (Lipinski definition) is 0. The number of hydrogen-bond acceptors (Lipinski definition) is 2. The van der Waals surface area contributed by atoms with Gasteiger partial charge in [-0.3, -0.25) is 4.79 Å². The first-order chi connectivity index (χ1) is 12.9. The van der Waals surface area contributed by atoms with E-state index in [4.69, 9.17) is 4.42 Å². The van der Waals surface area contributed by atoms with Crippen molar-refractivity contribution in [2.24, 2.45) is 0 Å². The monoisotopic (exact) mass is 372 g/mol. The molecule has 27 heavy (non-hydrogen) atoms. The van der Waals surface area contributed by atoms with Gasteiger partial charge >= 0.3 is 0 Å². The fraction of sp³-hybridized carbons (Fsp3) is 0.435. The summed E-state index contributed by atoms with van der Waals surface area (Å²) >= 11 is 0. The van der Waals surface area contributed by atoms with E-state index in [1.165, 1.54) is 11.8 Å². The molecule has 1 aliphatic carbocycles. The van der Waals surface area contributed by atoms with Crippen molar-refractivity contribution in [1.82, 2.24) is 0 Å². The van der Waals surface area contributed by atoms with Crippen LogP contribution in [0.3, 0.4) is 0 Å². The summed E-state index contributed by atoms with van der Waals surface area (Å²) in [6, 6.07) is 9.73. The predicted molar refractivity (Wildman–Crippen MR) is 103 cm³/mol. The molecule has 0 amide bonds. The number of allylic oxidation sites excluding steroid dienone is 2. The lowest BCUT2D eigenvalue weighted by Gasteiger charge is -2.11. The summed E-state index contributed by atoms with van der Waals surface area (Å²) in [5.74, 6) is -1.84. The smallest absolute Gasteiger partial charge is 0.255 e. The zero-order chi connectivity index (χ0) is 19.4. The van der Waals surface area contributed by atoms with E-state index in [1.807, 2.05) is 13.8 Å². The van der Waals surface area contributed by atoms with Gasteiger partial charge in [0.15, 0.2) is 0 Å². The number of benzene rings is 1. The molecule has 1 aromatic carbocycles. The molecule has 0 radical (unpaired) electrons.